The summed E-state index contributed by atoms with van der Waals surface area (Å²) in [6.45, 7) is 4.92. The Balaban J connectivity index is 0. The standard InChI is InChI=1S/C8H11O5P.Li/c1-4-5-6-8(2,3)12-7(9)13-14(10)11;/h4H2,1-3H3;/q;+1. The first kappa shape index (κ1) is 16.9. The Kier molecular flexibility index (Phi) is 8.72. The van der Waals surface area contributed by atoms with Gasteiger partial charge in [0.25, 0.3) is 0 Å². The molecule has 0 aliphatic rings. The molecule has 0 spiro atoms. The number of hydrogen-bond acceptors (Lipinski definition) is 5. The van der Waals surface area contributed by atoms with Crippen molar-refractivity contribution in [2.75, 3.05) is 0 Å². The number of carbonyl (C=O) groups excluding carboxylic acids is 1. The molecule has 0 aliphatic carbocycles. The predicted molar refractivity (Wildman–Crippen MR) is 47.3 cm³/mol. The molecule has 0 rings (SSSR count). The summed E-state index contributed by atoms with van der Waals surface area (Å²) in [6, 6.07) is 0. The molecule has 0 saturated carbocycles. The molecule has 0 aliphatic heterocycles. The van der Waals surface area contributed by atoms with Gasteiger partial charge in [-0.15, -0.1) is 0 Å². The quantitative estimate of drug-likeness (QED) is 0.243. The van der Waals surface area contributed by atoms with Crippen LogP contribution in [0.5, 0.6) is 0 Å². The van der Waals surface area contributed by atoms with Gasteiger partial charge in [0.15, 0.2) is 5.60 Å². The van der Waals surface area contributed by atoms with Crippen LogP contribution < -0.4 is 23.8 Å². The van der Waals surface area contributed by atoms with Gasteiger partial charge < -0.3 is 9.63 Å². The van der Waals surface area contributed by atoms with E-state index in [0.717, 1.165) is 0 Å². The second-order valence-electron chi connectivity index (χ2n) is 2.83. The van der Waals surface area contributed by atoms with Crippen molar-refractivity contribution in [3.05, 3.63) is 0 Å². The first-order chi connectivity index (χ1) is 6.37. The van der Waals surface area contributed by atoms with E-state index in [-0.39, 0.29) is 18.9 Å². The van der Waals surface area contributed by atoms with Crippen LogP contribution >= 0.6 is 8.25 Å². The summed E-state index contributed by atoms with van der Waals surface area (Å²) in [5.41, 5.74) is -1.04. The average Bonchev–Trinajstić information content (AvgIpc) is 1.98. The monoisotopic (exact) mass is 225 g/mol. The summed E-state index contributed by atoms with van der Waals surface area (Å²) in [6.07, 6.45) is -0.644. The van der Waals surface area contributed by atoms with Gasteiger partial charge >= 0.3 is 33.3 Å². The van der Waals surface area contributed by atoms with Crippen molar-refractivity contribution in [2.24, 2.45) is 0 Å². The minimum Gasteiger partial charge on any atom is -0.558 e. The third kappa shape index (κ3) is 9.78. The Morgan fingerprint density at radius 1 is 1.53 bits per heavy atom. The fourth-order valence-corrected chi connectivity index (χ4v) is 0.774. The van der Waals surface area contributed by atoms with Crippen LogP contribution in [0.2, 0.25) is 0 Å². The summed E-state index contributed by atoms with van der Waals surface area (Å²) >= 11 is 0. The van der Waals surface area contributed by atoms with Crippen molar-refractivity contribution in [1.82, 2.24) is 0 Å². The molecule has 0 aromatic heterocycles. The van der Waals surface area contributed by atoms with Gasteiger partial charge in [0, 0.05) is 6.42 Å². The first-order valence-corrected chi connectivity index (χ1v) is 5.02. The summed E-state index contributed by atoms with van der Waals surface area (Å²) in [7, 11) is -3.23. The zero-order valence-electron chi connectivity index (χ0n) is 9.20. The minimum atomic E-state index is -3.23. The van der Waals surface area contributed by atoms with Crippen molar-refractivity contribution in [3.63, 3.8) is 0 Å². The molecular weight excluding hydrogens is 214 g/mol. The Hall–Kier alpha value is -0.513. The van der Waals surface area contributed by atoms with E-state index in [1.54, 1.807) is 0 Å². The van der Waals surface area contributed by atoms with Crippen molar-refractivity contribution in [2.45, 2.75) is 32.8 Å². The molecular formula is C8H11LiO5P+. The zero-order chi connectivity index (χ0) is 11.2. The van der Waals surface area contributed by atoms with Gasteiger partial charge in [0.05, 0.1) is 0 Å². The van der Waals surface area contributed by atoms with E-state index in [4.69, 9.17) is 0 Å². The smallest absolute Gasteiger partial charge is 0.558 e. The van der Waals surface area contributed by atoms with Crippen LogP contribution in [-0.4, -0.2) is 11.8 Å². The van der Waals surface area contributed by atoms with Crippen LogP contribution in [-0.2, 0) is 13.8 Å². The first-order valence-electron chi connectivity index (χ1n) is 3.92. The van der Waals surface area contributed by atoms with Gasteiger partial charge in [-0.05, 0) is 18.4 Å². The van der Waals surface area contributed by atoms with E-state index in [1.165, 1.54) is 13.8 Å². The van der Waals surface area contributed by atoms with Crippen molar-refractivity contribution < 1.29 is 42.4 Å². The van der Waals surface area contributed by atoms with Crippen LogP contribution in [0, 0.1) is 11.8 Å². The maximum atomic E-state index is 10.7. The van der Waals surface area contributed by atoms with E-state index in [9.17, 15) is 14.3 Å². The second kappa shape index (κ2) is 7.74. The third-order valence-electron chi connectivity index (χ3n) is 1.05. The molecule has 0 aromatic carbocycles. The fraction of sp³-hybridized carbons (Fsp3) is 0.625. The molecule has 15 heavy (non-hydrogen) atoms. The summed E-state index contributed by atoms with van der Waals surface area (Å²) in [4.78, 5) is 20.7. The molecule has 0 heterocycles. The fourth-order valence-electron chi connectivity index (χ4n) is 0.615. The topological polar surface area (TPSA) is 75.7 Å². The Morgan fingerprint density at radius 3 is 2.47 bits per heavy atom. The normalized spacial score (nSPS) is 10.3. The van der Waals surface area contributed by atoms with E-state index >= 15 is 0 Å². The van der Waals surface area contributed by atoms with Crippen LogP contribution in [0.4, 0.5) is 4.79 Å². The number of hydrogen-bond donors (Lipinski definition) is 0. The Morgan fingerprint density at radius 2 is 2.07 bits per heavy atom. The van der Waals surface area contributed by atoms with Crippen molar-refractivity contribution in [3.8, 4) is 11.8 Å². The Labute approximate surface area is 102 Å². The maximum absolute atomic E-state index is 10.7. The molecule has 5 nitrogen and oxygen atoms in total. The summed E-state index contributed by atoms with van der Waals surface area (Å²) in [5, 5.41) is 0. The van der Waals surface area contributed by atoms with Crippen LogP contribution in [0.25, 0.3) is 0 Å². The van der Waals surface area contributed by atoms with E-state index in [1.807, 2.05) is 6.92 Å². The van der Waals surface area contributed by atoms with E-state index in [2.05, 4.69) is 21.1 Å². The molecule has 0 amide bonds. The number of rotatable bonds is 2. The summed E-state index contributed by atoms with van der Waals surface area (Å²) in [5.74, 6) is 5.36. The molecule has 0 aromatic rings. The van der Waals surface area contributed by atoms with Gasteiger partial charge in [-0.25, -0.2) is 0 Å². The Bertz CT molecular complexity index is 291. The van der Waals surface area contributed by atoms with Gasteiger partial charge in [0.2, 0.25) is 0 Å². The molecule has 78 valence electrons. The maximum Gasteiger partial charge on any atom is 1.00 e. The predicted octanol–water partition coefficient (Wildman–Crippen LogP) is -1.65. The van der Waals surface area contributed by atoms with Gasteiger partial charge in [-0.1, -0.05) is 18.8 Å². The second-order valence-corrected chi connectivity index (χ2v) is 3.46. The minimum absolute atomic E-state index is 0. The van der Waals surface area contributed by atoms with E-state index < -0.39 is 20.0 Å². The largest absolute Gasteiger partial charge is 1.00 e. The zero-order valence-corrected chi connectivity index (χ0v) is 10.1. The summed E-state index contributed by atoms with van der Waals surface area (Å²) < 4.78 is 18.4. The van der Waals surface area contributed by atoms with Crippen LogP contribution in [0.1, 0.15) is 27.2 Å². The third-order valence-corrected chi connectivity index (χ3v) is 1.35. The molecule has 7 heteroatoms. The molecule has 0 bridgehead atoms. The van der Waals surface area contributed by atoms with Gasteiger partial charge in [-0.2, -0.15) is 9.32 Å². The van der Waals surface area contributed by atoms with Crippen molar-refractivity contribution >= 4 is 14.4 Å². The van der Waals surface area contributed by atoms with Crippen LogP contribution in [0.15, 0.2) is 0 Å². The van der Waals surface area contributed by atoms with Crippen LogP contribution in [0.3, 0.4) is 0 Å². The average molecular weight is 225 g/mol. The molecule has 0 N–H and O–H groups in total. The SMILES string of the molecule is CCC#CC(C)(C)OC(=O)O[P+](=O)[O-].[Li+]. The number of ether oxygens (including phenoxy) is 1. The van der Waals surface area contributed by atoms with Gasteiger partial charge in [-0.3, -0.25) is 0 Å². The van der Waals surface area contributed by atoms with Gasteiger partial charge in [0.1, 0.15) is 0 Å². The molecule has 0 saturated heterocycles. The van der Waals surface area contributed by atoms with E-state index in [0.29, 0.717) is 6.42 Å². The number of carbonyl (C=O) groups is 1. The molecule has 1 atom stereocenters. The molecule has 0 radical (unpaired) electrons. The molecule has 1 unspecified atom stereocenters. The molecule has 0 fully saturated rings. The van der Waals surface area contributed by atoms with Crippen molar-refractivity contribution in [1.29, 1.82) is 0 Å².